The van der Waals surface area contributed by atoms with Crippen LogP contribution in [-0.2, 0) is 0 Å². The Morgan fingerprint density at radius 2 is 2.23 bits per heavy atom. The first-order chi connectivity index (χ1) is 6.20. The van der Waals surface area contributed by atoms with Crippen LogP contribution in [0.3, 0.4) is 0 Å². The van der Waals surface area contributed by atoms with E-state index in [-0.39, 0.29) is 5.78 Å². The van der Waals surface area contributed by atoms with Crippen molar-refractivity contribution in [2.45, 2.75) is 6.92 Å². The van der Waals surface area contributed by atoms with Crippen LogP contribution < -0.4 is 0 Å². The summed E-state index contributed by atoms with van der Waals surface area (Å²) in [6.45, 7) is 1.60. The van der Waals surface area contributed by atoms with Crippen molar-refractivity contribution in [3.8, 4) is 0 Å². The summed E-state index contributed by atoms with van der Waals surface area (Å²) < 4.78 is 2.15. The molecule has 0 saturated carbocycles. The number of thiophene rings is 1. The van der Waals surface area contributed by atoms with Gasteiger partial charge in [-0.2, -0.15) is 0 Å². The van der Waals surface area contributed by atoms with Crippen molar-refractivity contribution in [2.24, 2.45) is 0 Å². The second kappa shape index (κ2) is 3.24. The average Bonchev–Trinajstić information content (AvgIpc) is 2.49. The third-order valence-corrected chi connectivity index (χ3v) is 3.54. The molecule has 0 spiro atoms. The molecule has 13 heavy (non-hydrogen) atoms. The maximum absolute atomic E-state index is 11.3. The Morgan fingerprint density at radius 1 is 1.46 bits per heavy atom. The molecule has 0 fully saturated rings. The van der Waals surface area contributed by atoms with Gasteiger partial charge in [-0.05, 0) is 19.1 Å². The van der Waals surface area contributed by atoms with Crippen LogP contribution in [-0.4, -0.2) is 5.78 Å². The molecule has 0 unspecified atom stereocenters. The highest BCUT2D eigenvalue weighted by Crippen LogP contribution is 2.32. The number of ketones is 1. The summed E-state index contributed by atoms with van der Waals surface area (Å²) in [5.41, 5.74) is 0.812. The number of carbonyl (C=O) groups excluding carboxylic acids is 1. The Bertz CT molecular complexity index is 473. The number of hydrogen-bond acceptors (Lipinski definition) is 2. The molecule has 1 heterocycles. The van der Waals surface area contributed by atoms with E-state index >= 15 is 0 Å². The van der Waals surface area contributed by atoms with Gasteiger partial charge in [-0.1, -0.05) is 22.0 Å². The molecule has 0 bridgehead atoms. The second-order valence-corrected chi connectivity index (χ2v) is 4.58. The van der Waals surface area contributed by atoms with E-state index in [0.717, 1.165) is 20.1 Å². The van der Waals surface area contributed by atoms with Crippen molar-refractivity contribution in [1.29, 1.82) is 0 Å². The van der Waals surface area contributed by atoms with E-state index in [2.05, 4.69) is 15.9 Å². The van der Waals surface area contributed by atoms with E-state index in [9.17, 15) is 4.79 Å². The molecule has 0 radical (unpaired) electrons. The lowest BCUT2D eigenvalue weighted by molar-refractivity contribution is 0.101. The van der Waals surface area contributed by atoms with Gasteiger partial charge in [-0.15, -0.1) is 11.3 Å². The van der Waals surface area contributed by atoms with Crippen molar-refractivity contribution in [1.82, 2.24) is 0 Å². The Kier molecular flexibility index (Phi) is 2.22. The van der Waals surface area contributed by atoms with Gasteiger partial charge in [0.2, 0.25) is 0 Å². The van der Waals surface area contributed by atoms with E-state index in [4.69, 9.17) is 0 Å². The molecule has 1 aromatic heterocycles. The van der Waals surface area contributed by atoms with Crippen molar-refractivity contribution in [3.63, 3.8) is 0 Å². The summed E-state index contributed by atoms with van der Waals surface area (Å²) in [6, 6.07) is 5.96. The highest BCUT2D eigenvalue weighted by molar-refractivity contribution is 9.10. The van der Waals surface area contributed by atoms with Gasteiger partial charge in [0.05, 0.1) is 0 Å². The molecule has 1 nitrogen and oxygen atoms in total. The number of carbonyl (C=O) groups is 1. The van der Waals surface area contributed by atoms with E-state index in [0.29, 0.717) is 0 Å². The summed E-state index contributed by atoms with van der Waals surface area (Å²) in [5, 5.41) is 2.96. The lowest BCUT2D eigenvalue weighted by Gasteiger charge is -1.95. The quantitative estimate of drug-likeness (QED) is 0.707. The highest BCUT2D eigenvalue weighted by Gasteiger charge is 2.09. The Balaban J connectivity index is 2.86. The fourth-order valence-electron chi connectivity index (χ4n) is 1.30. The predicted molar refractivity (Wildman–Crippen MR) is 59.5 cm³/mol. The maximum atomic E-state index is 11.3. The molecule has 2 rings (SSSR count). The first-order valence-electron chi connectivity index (χ1n) is 3.87. The maximum Gasteiger partial charge on any atom is 0.161 e. The minimum atomic E-state index is 0.123. The normalized spacial score (nSPS) is 10.6. The first kappa shape index (κ1) is 8.91. The standard InChI is InChI=1S/C10H7BrOS/c1-6(12)7-5-13-9-4-2-3-8(11)10(7)9/h2-5H,1H3. The van der Waals surface area contributed by atoms with Crippen LogP contribution in [0.25, 0.3) is 10.1 Å². The van der Waals surface area contributed by atoms with E-state index in [1.807, 2.05) is 23.6 Å². The fraction of sp³-hybridized carbons (Fsp3) is 0.100. The molecule has 0 atom stereocenters. The fourth-order valence-corrected chi connectivity index (χ4v) is 3.04. The third kappa shape index (κ3) is 1.42. The summed E-state index contributed by atoms with van der Waals surface area (Å²) in [4.78, 5) is 11.3. The molecule has 0 aliphatic heterocycles. The topological polar surface area (TPSA) is 17.1 Å². The number of rotatable bonds is 1. The number of halogens is 1. The van der Waals surface area contributed by atoms with Gasteiger partial charge >= 0.3 is 0 Å². The van der Waals surface area contributed by atoms with Crippen LogP contribution in [0.5, 0.6) is 0 Å². The van der Waals surface area contributed by atoms with E-state index in [1.54, 1.807) is 18.3 Å². The molecule has 0 aliphatic rings. The van der Waals surface area contributed by atoms with Crippen molar-refractivity contribution < 1.29 is 4.79 Å². The minimum Gasteiger partial charge on any atom is -0.294 e. The van der Waals surface area contributed by atoms with Crippen LogP contribution in [0.2, 0.25) is 0 Å². The number of benzene rings is 1. The Labute approximate surface area is 88.5 Å². The van der Waals surface area contributed by atoms with Gasteiger partial charge in [-0.3, -0.25) is 4.79 Å². The van der Waals surface area contributed by atoms with Gasteiger partial charge in [0.25, 0.3) is 0 Å². The molecule has 66 valence electrons. The molecule has 2 aromatic rings. The van der Waals surface area contributed by atoms with Gasteiger partial charge in [0.1, 0.15) is 0 Å². The summed E-state index contributed by atoms with van der Waals surface area (Å²) in [7, 11) is 0. The Hall–Kier alpha value is -0.670. The number of fused-ring (bicyclic) bond motifs is 1. The summed E-state index contributed by atoms with van der Waals surface area (Å²) in [6.07, 6.45) is 0. The lowest BCUT2D eigenvalue weighted by atomic mass is 10.1. The lowest BCUT2D eigenvalue weighted by Crippen LogP contribution is -1.88. The SMILES string of the molecule is CC(=O)c1csc2cccc(Br)c12. The zero-order valence-electron chi connectivity index (χ0n) is 7.00. The van der Waals surface area contributed by atoms with Gasteiger partial charge in [-0.25, -0.2) is 0 Å². The van der Waals surface area contributed by atoms with Crippen molar-refractivity contribution >= 4 is 43.1 Å². The van der Waals surface area contributed by atoms with E-state index < -0.39 is 0 Å². The first-order valence-corrected chi connectivity index (χ1v) is 5.54. The van der Waals surface area contributed by atoms with Gasteiger partial charge in [0, 0.05) is 25.5 Å². The number of Topliss-reactive ketones (excluding diaryl/α,β-unsaturated/α-hetero) is 1. The molecule has 0 amide bonds. The van der Waals surface area contributed by atoms with Crippen LogP contribution in [0.1, 0.15) is 17.3 Å². The molecular formula is C10H7BrOS. The van der Waals surface area contributed by atoms with Crippen LogP contribution >= 0.6 is 27.3 Å². The van der Waals surface area contributed by atoms with Crippen LogP contribution in [0, 0.1) is 0 Å². The molecule has 0 N–H and O–H groups in total. The average molecular weight is 255 g/mol. The second-order valence-electron chi connectivity index (χ2n) is 2.82. The molecule has 0 aliphatic carbocycles. The van der Waals surface area contributed by atoms with Gasteiger partial charge in [0.15, 0.2) is 5.78 Å². The Morgan fingerprint density at radius 3 is 2.92 bits per heavy atom. The predicted octanol–water partition coefficient (Wildman–Crippen LogP) is 3.87. The van der Waals surface area contributed by atoms with Crippen LogP contribution in [0.4, 0.5) is 0 Å². The smallest absolute Gasteiger partial charge is 0.161 e. The highest BCUT2D eigenvalue weighted by atomic mass is 79.9. The zero-order chi connectivity index (χ0) is 9.42. The molecule has 0 saturated heterocycles. The molecular weight excluding hydrogens is 248 g/mol. The monoisotopic (exact) mass is 254 g/mol. The minimum absolute atomic E-state index is 0.123. The van der Waals surface area contributed by atoms with Crippen molar-refractivity contribution in [3.05, 3.63) is 33.6 Å². The molecule has 1 aromatic carbocycles. The summed E-state index contributed by atoms with van der Waals surface area (Å²) >= 11 is 5.06. The van der Waals surface area contributed by atoms with Crippen molar-refractivity contribution in [2.75, 3.05) is 0 Å². The van der Waals surface area contributed by atoms with E-state index in [1.165, 1.54) is 0 Å². The zero-order valence-corrected chi connectivity index (χ0v) is 9.41. The number of hydrogen-bond donors (Lipinski definition) is 0. The largest absolute Gasteiger partial charge is 0.294 e. The summed E-state index contributed by atoms with van der Waals surface area (Å²) in [5.74, 6) is 0.123. The van der Waals surface area contributed by atoms with Gasteiger partial charge < -0.3 is 0 Å². The van der Waals surface area contributed by atoms with Crippen LogP contribution in [0.15, 0.2) is 28.1 Å². The third-order valence-electron chi connectivity index (χ3n) is 1.93. The molecule has 3 heteroatoms.